The molecule has 136 valence electrons. The first kappa shape index (κ1) is 18.1. The zero-order chi connectivity index (χ0) is 18.7. The number of carbonyl (C=O) groups excluding carboxylic acids is 2. The van der Waals surface area contributed by atoms with Gasteiger partial charge in [0.15, 0.2) is 0 Å². The number of carbonyl (C=O) groups is 2. The lowest BCUT2D eigenvalue weighted by Gasteiger charge is -2.18. The van der Waals surface area contributed by atoms with Crippen molar-refractivity contribution in [3.63, 3.8) is 0 Å². The van der Waals surface area contributed by atoms with E-state index in [-0.39, 0.29) is 11.8 Å². The Morgan fingerprint density at radius 3 is 2.50 bits per heavy atom. The summed E-state index contributed by atoms with van der Waals surface area (Å²) in [6.07, 6.45) is 1.51. The van der Waals surface area contributed by atoms with Crippen LogP contribution in [0.1, 0.15) is 36.2 Å². The SMILES string of the molecule is CC(C)C[C@H](N)C(=O)Nc1ccc(C(=O)N2CCc3ccccc32)cc1. The Labute approximate surface area is 154 Å². The minimum Gasteiger partial charge on any atom is -0.325 e. The fourth-order valence-corrected chi connectivity index (χ4v) is 3.25. The molecule has 1 aliphatic heterocycles. The second kappa shape index (κ2) is 7.70. The van der Waals surface area contributed by atoms with Crippen molar-refractivity contribution < 1.29 is 9.59 Å². The maximum atomic E-state index is 12.8. The second-order valence-electron chi connectivity index (χ2n) is 7.14. The second-order valence-corrected chi connectivity index (χ2v) is 7.14. The molecule has 5 heteroatoms. The zero-order valence-electron chi connectivity index (χ0n) is 15.2. The number of hydrogen-bond donors (Lipinski definition) is 2. The van der Waals surface area contributed by atoms with Crippen LogP contribution in [0.5, 0.6) is 0 Å². The van der Waals surface area contributed by atoms with Crippen molar-refractivity contribution in [2.24, 2.45) is 11.7 Å². The summed E-state index contributed by atoms with van der Waals surface area (Å²) in [5.74, 6) is 0.134. The van der Waals surface area contributed by atoms with Crippen LogP contribution in [-0.4, -0.2) is 24.4 Å². The summed E-state index contributed by atoms with van der Waals surface area (Å²) in [5, 5.41) is 2.81. The van der Waals surface area contributed by atoms with Crippen molar-refractivity contribution in [1.82, 2.24) is 0 Å². The van der Waals surface area contributed by atoms with Gasteiger partial charge in [0.1, 0.15) is 0 Å². The average Bonchev–Trinajstić information content (AvgIpc) is 3.05. The van der Waals surface area contributed by atoms with Gasteiger partial charge < -0.3 is 16.0 Å². The van der Waals surface area contributed by atoms with Crippen molar-refractivity contribution in [2.75, 3.05) is 16.8 Å². The number of rotatable bonds is 5. The summed E-state index contributed by atoms with van der Waals surface area (Å²) in [4.78, 5) is 26.7. The quantitative estimate of drug-likeness (QED) is 0.868. The summed E-state index contributed by atoms with van der Waals surface area (Å²) >= 11 is 0. The van der Waals surface area contributed by atoms with E-state index in [1.54, 1.807) is 24.3 Å². The van der Waals surface area contributed by atoms with E-state index in [1.165, 1.54) is 5.56 Å². The van der Waals surface area contributed by atoms with Gasteiger partial charge in [0.25, 0.3) is 5.91 Å². The van der Waals surface area contributed by atoms with Gasteiger partial charge >= 0.3 is 0 Å². The Kier molecular flexibility index (Phi) is 5.38. The molecule has 2 aromatic rings. The van der Waals surface area contributed by atoms with Crippen LogP contribution < -0.4 is 16.0 Å². The van der Waals surface area contributed by atoms with Crippen LogP contribution in [0, 0.1) is 5.92 Å². The molecule has 5 nitrogen and oxygen atoms in total. The zero-order valence-corrected chi connectivity index (χ0v) is 15.2. The van der Waals surface area contributed by atoms with Crippen LogP contribution in [0.3, 0.4) is 0 Å². The van der Waals surface area contributed by atoms with E-state index in [9.17, 15) is 9.59 Å². The maximum Gasteiger partial charge on any atom is 0.258 e. The highest BCUT2D eigenvalue weighted by Crippen LogP contribution is 2.29. The monoisotopic (exact) mass is 351 g/mol. The smallest absolute Gasteiger partial charge is 0.258 e. The van der Waals surface area contributed by atoms with E-state index < -0.39 is 6.04 Å². The van der Waals surface area contributed by atoms with E-state index in [0.29, 0.717) is 30.1 Å². The van der Waals surface area contributed by atoms with Crippen molar-refractivity contribution in [1.29, 1.82) is 0 Å². The first-order chi connectivity index (χ1) is 12.5. The normalized spacial score (nSPS) is 14.2. The molecule has 1 atom stereocenters. The Morgan fingerprint density at radius 1 is 1.12 bits per heavy atom. The van der Waals surface area contributed by atoms with Gasteiger partial charge in [0, 0.05) is 23.5 Å². The molecule has 2 amide bonds. The van der Waals surface area contributed by atoms with Crippen LogP contribution in [0.15, 0.2) is 48.5 Å². The van der Waals surface area contributed by atoms with Crippen LogP contribution in [-0.2, 0) is 11.2 Å². The van der Waals surface area contributed by atoms with Gasteiger partial charge in [0.05, 0.1) is 6.04 Å². The van der Waals surface area contributed by atoms with Gasteiger partial charge in [-0.3, -0.25) is 9.59 Å². The lowest BCUT2D eigenvalue weighted by Crippen LogP contribution is -2.36. The Morgan fingerprint density at radius 2 is 1.81 bits per heavy atom. The number of nitrogens with zero attached hydrogens (tertiary/aromatic N) is 1. The minimum absolute atomic E-state index is 0.0238. The van der Waals surface area contributed by atoms with Gasteiger partial charge in [-0.2, -0.15) is 0 Å². The molecule has 3 N–H and O–H groups in total. The Bertz CT molecular complexity index is 799. The third-order valence-electron chi connectivity index (χ3n) is 4.59. The van der Waals surface area contributed by atoms with Crippen LogP contribution in [0.25, 0.3) is 0 Å². The summed E-state index contributed by atoms with van der Waals surface area (Å²) < 4.78 is 0. The minimum atomic E-state index is -0.530. The van der Waals surface area contributed by atoms with Crippen molar-refractivity contribution in [3.05, 3.63) is 59.7 Å². The maximum absolute atomic E-state index is 12.8. The Balaban J connectivity index is 1.66. The molecule has 1 heterocycles. The molecule has 0 fully saturated rings. The van der Waals surface area contributed by atoms with Crippen LogP contribution >= 0.6 is 0 Å². The van der Waals surface area contributed by atoms with E-state index in [4.69, 9.17) is 5.73 Å². The summed E-state index contributed by atoms with van der Waals surface area (Å²) in [7, 11) is 0. The molecule has 1 aliphatic rings. The number of para-hydroxylation sites is 1. The summed E-state index contributed by atoms with van der Waals surface area (Å²) in [6, 6.07) is 14.4. The van der Waals surface area contributed by atoms with E-state index in [0.717, 1.165) is 12.1 Å². The first-order valence-electron chi connectivity index (χ1n) is 9.02. The standard InChI is InChI=1S/C21H25N3O2/c1-14(2)13-18(22)20(25)23-17-9-7-16(8-10-17)21(26)24-12-11-15-5-3-4-6-19(15)24/h3-10,14,18H,11-13,22H2,1-2H3,(H,23,25)/t18-/m0/s1. The molecule has 2 aromatic carbocycles. The number of nitrogens with one attached hydrogen (secondary N) is 1. The summed E-state index contributed by atoms with van der Waals surface area (Å²) in [5.41, 5.74) is 9.33. The molecule has 0 bridgehead atoms. The fraction of sp³-hybridized carbons (Fsp3) is 0.333. The average molecular weight is 351 g/mol. The summed E-state index contributed by atoms with van der Waals surface area (Å²) in [6.45, 7) is 4.76. The van der Waals surface area contributed by atoms with Crippen LogP contribution in [0.2, 0.25) is 0 Å². The lowest BCUT2D eigenvalue weighted by molar-refractivity contribution is -0.117. The molecule has 0 spiro atoms. The molecule has 0 unspecified atom stereocenters. The largest absolute Gasteiger partial charge is 0.325 e. The number of nitrogens with two attached hydrogens (primary N) is 1. The molecule has 0 saturated carbocycles. The van der Waals surface area contributed by atoms with Crippen molar-refractivity contribution >= 4 is 23.2 Å². The molecular weight excluding hydrogens is 326 g/mol. The lowest BCUT2D eigenvalue weighted by atomic mass is 10.0. The number of hydrogen-bond acceptors (Lipinski definition) is 3. The van der Waals surface area contributed by atoms with Gasteiger partial charge in [-0.15, -0.1) is 0 Å². The molecule has 0 aliphatic carbocycles. The van der Waals surface area contributed by atoms with Crippen molar-refractivity contribution in [2.45, 2.75) is 32.7 Å². The van der Waals surface area contributed by atoms with Gasteiger partial charge in [0.2, 0.25) is 5.91 Å². The number of benzene rings is 2. The molecule has 3 rings (SSSR count). The third kappa shape index (κ3) is 3.94. The number of amides is 2. The molecule has 0 aromatic heterocycles. The van der Waals surface area contributed by atoms with E-state index in [2.05, 4.69) is 11.4 Å². The first-order valence-corrected chi connectivity index (χ1v) is 9.02. The number of anilines is 2. The van der Waals surface area contributed by atoms with E-state index in [1.807, 2.05) is 36.9 Å². The van der Waals surface area contributed by atoms with Crippen LogP contribution in [0.4, 0.5) is 11.4 Å². The molecule has 26 heavy (non-hydrogen) atoms. The molecule has 0 saturated heterocycles. The highest BCUT2D eigenvalue weighted by molar-refractivity contribution is 6.07. The van der Waals surface area contributed by atoms with Gasteiger partial charge in [-0.1, -0.05) is 32.0 Å². The molecular formula is C21H25N3O2. The fourth-order valence-electron chi connectivity index (χ4n) is 3.25. The predicted molar refractivity (Wildman–Crippen MR) is 104 cm³/mol. The predicted octanol–water partition coefficient (Wildman–Crippen LogP) is 3.20. The number of fused-ring (bicyclic) bond motifs is 1. The Hall–Kier alpha value is -2.66. The molecule has 0 radical (unpaired) electrons. The van der Waals surface area contributed by atoms with E-state index >= 15 is 0 Å². The highest BCUT2D eigenvalue weighted by atomic mass is 16.2. The topological polar surface area (TPSA) is 75.4 Å². The highest BCUT2D eigenvalue weighted by Gasteiger charge is 2.25. The van der Waals surface area contributed by atoms with Crippen molar-refractivity contribution in [3.8, 4) is 0 Å². The van der Waals surface area contributed by atoms with Gasteiger partial charge in [-0.25, -0.2) is 0 Å². The third-order valence-corrected chi connectivity index (χ3v) is 4.59. The van der Waals surface area contributed by atoms with Gasteiger partial charge in [-0.05, 0) is 54.7 Å².